The zero-order chi connectivity index (χ0) is 62.6. The Morgan fingerprint density at radius 2 is 0.709 bits per heavy atom. The topological polar surface area (TPSA) is 108 Å². The maximum Gasteiger partial charge on any atom is 0.268 e. The summed E-state index contributed by atoms with van der Waals surface area (Å²) in [7, 11) is 1.31. The Balaban J connectivity index is 3.99. The minimum absolute atomic E-state index is 0.0109. The number of amides is 1. The Labute approximate surface area is 534 Å². The van der Waals surface area contributed by atoms with Crippen molar-refractivity contribution in [3.8, 4) is 0 Å². The van der Waals surface area contributed by atoms with E-state index < -0.39 is 20.0 Å². The van der Waals surface area contributed by atoms with E-state index in [9.17, 15) is 19.4 Å². The van der Waals surface area contributed by atoms with Crippen molar-refractivity contribution in [1.29, 1.82) is 0 Å². The van der Waals surface area contributed by atoms with Crippen molar-refractivity contribution in [3.05, 3.63) is 97.2 Å². The van der Waals surface area contributed by atoms with Crippen molar-refractivity contribution in [1.82, 2.24) is 5.32 Å². The zero-order valence-corrected chi connectivity index (χ0v) is 58.1. The molecule has 0 heterocycles. The standard InChI is InChI=1S/C77H141N2O6P/c1-6-8-10-12-14-16-18-20-22-24-26-28-30-31-32-33-34-35-36-37-38-39-40-41-42-43-44-45-46-47-49-51-53-55-57-59-61-63-65-67-69-71-77(81)78-75(74-85-86(82,83)84-73-72-79(3,4)5)76(80)70-68-66-64-62-60-58-56-54-52-50-48-29-27-25-23-21-19-17-15-13-11-9-7-2/h8,10,14,16,20,22,26,28,31-32,34-35,37-38,40-41,75-76,80H,6-7,9,11-13,15,17-19,21,23-25,27,29-30,33,36,39,42-74H2,1-5H3,(H-,78,81,82,83)/b10-8-,16-14-,22-20-,28-26-,32-31-,35-34-,38-37-,41-40-. The van der Waals surface area contributed by atoms with Crippen LogP contribution in [0.3, 0.4) is 0 Å². The highest BCUT2D eigenvalue weighted by Gasteiger charge is 2.24. The monoisotopic (exact) mass is 1220 g/mol. The van der Waals surface area contributed by atoms with E-state index in [4.69, 9.17) is 9.05 Å². The van der Waals surface area contributed by atoms with Crippen molar-refractivity contribution in [2.24, 2.45) is 0 Å². The predicted octanol–water partition coefficient (Wildman–Crippen LogP) is 23.0. The molecule has 9 heteroatoms. The molecule has 86 heavy (non-hydrogen) atoms. The summed E-state index contributed by atoms with van der Waals surface area (Å²) in [5.41, 5.74) is 0. The first-order valence-electron chi connectivity index (χ1n) is 36.6. The third kappa shape index (κ3) is 68.9. The quantitative estimate of drug-likeness (QED) is 0.0272. The van der Waals surface area contributed by atoms with Gasteiger partial charge in [-0.15, -0.1) is 0 Å². The molecule has 0 spiro atoms. The van der Waals surface area contributed by atoms with Gasteiger partial charge in [-0.05, 0) is 77.0 Å². The van der Waals surface area contributed by atoms with Crippen LogP contribution >= 0.6 is 7.82 Å². The normalized spacial score (nSPS) is 14.2. The molecule has 0 saturated heterocycles. The number of aliphatic hydroxyl groups is 1. The molecule has 3 atom stereocenters. The molecule has 2 N–H and O–H groups in total. The molecule has 0 aromatic carbocycles. The summed E-state index contributed by atoms with van der Waals surface area (Å²) >= 11 is 0. The Morgan fingerprint density at radius 3 is 1.03 bits per heavy atom. The number of nitrogens with one attached hydrogen (secondary N) is 1. The molecule has 8 nitrogen and oxygen atoms in total. The van der Waals surface area contributed by atoms with Gasteiger partial charge >= 0.3 is 0 Å². The van der Waals surface area contributed by atoms with E-state index in [2.05, 4.69) is 116 Å². The van der Waals surface area contributed by atoms with E-state index in [1.54, 1.807) is 0 Å². The molecule has 0 aromatic heterocycles. The van der Waals surface area contributed by atoms with E-state index in [1.807, 2.05) is 21.1 Å². The van der Waals surface area contributed by atoms with Crippen molar-refractivity contribution in [3.63, 3.8) is 0 Å². The van der Waals surface area contributed by atoms with Gasteiger partial charge in [0, 0.05) is 6.42 Å². The van der Waals surface area contributed by atoms with Gasteiger partial charge in [-0.1, -0.05) is 349 Å². The smallest absolute Gasteiger partial charge is 0.268 e. The number of hydrogen-bond donors (Lipinski definition) is 2. The van der Waals surface area contributed by atoms with E-state index in [1.165, 1.54) is 218 Å². The summed E-state index contributed by atoms with van der Waals surface area (Å²) in [5, 5.41) is 14.1. The predicted molar refractivity (Wildman–Crippen MR) is 376 cm³/mol. The van der Waals surface area contributed by atoms with Gasteiger partial charge in [-0.3, -0.25) is 9.36 Å². The van der Waals surface area contributed by atoms with Gasteiger partial charge in [0.05, 0.1) is 39.9 Å². The Hall–Kier alpha value is -2.58. The molecule has 1 amide bonds. The summed E-state index contributed by atoms with van der Waals surface area (Å²) in [6, 6.07) is -0.806. The number of carbonyl (C=O) groups is 1. The molecule has 500 valence electrons. The number of rotatable bonds is 67. The van der Waals surface area contributed by atoms with Gasteiger partial charge in [-0.25, -0.2) is 0 Å². The number of phosphoric acid groups is 1. The van der Waals surface area contributed by atoms with Gasteiger partial charge in [0.25, 0.3) is 7.82 Å². The number of hydrogen-bond acceptors (Lipinski definition) is 6. The molecule has 0 aliphatic heterocycles. The third-order valence-corrected chi connectivity index (χ3v) is 17.3. The first kappa shape index (κ1) is 83.4. The lowest BCUT2D eigenvalue weighted by atomic mass is 10.0. The fourth-order valence-electron chi connectivity index (χ4n) is 10.7. The fourth-order valence-corrected chi connectivity index (χ4v) is 11.4. The summed E-state index contributed by atoms with van der Waals surface area (Å²) < 4.78 is 23.5. The van der Waals surface area contributed by atoms with Crippen molar-refractivity contribution in [2.45, 2.75) is 347 Å². The average Bonchev–Trinajstić information content (AvgIpc) is 3.70. The van der Waals surface area contributed by atoms with E-state index >= 15 is 0 Å². The van der Waals surface area contributed by atoms with Gasteiger partial charge in [0.2, 0.25) is 5.91 Å². The Bertz CT molecular complexity index is 1730. The number of aliphatic hydroxyl groups excluding tert-OH is 1. The number of carbonyl (C=O) groups excluding carboxylic acids is 1. The zero-order valence-electron chi connectivity index (χ0n) is 57.3. The number of likely N-dealkylation sites (N-methyl/N-ethyl adjacent to an activating group) is 1. The van der Waals surface area contributed by atoms with Crippen LogP contribution in [-0.2, 0) is 18.4 Å². The number of nitrogens with zero attached hydrogens (tertiary/aromatic N) is 1. The van der Waals surface area contributed by atoms with Gasteiger partial charge in [0.1, 0.15) is 13.2 Å². The Morgan fingerprint density at radius 1 is 0.419 bits per heavy atom. The fraction of sp³-hybridized carbons (Fsp3) is 0.779. The molecule has 0 aromatic rings. The first-order chi connectivity index (χ1) is 42.0. The molecule has 0 rings (SSSR count). The van der Waals surface area contributed by atoms with E-state index in [-0.39, 0.29) is 19.1 Å². The van der Waals surface area contributed by atoms with Crippen LogP contribution in [0.4, 0.5) is 0 Å². The molecule has 0 bridgehead atoms. The minimum Gasteiger partial charge on any atom is -0.756 e. The summed E-state index contributed by atoms with van der Waals surface area (Å²) in [4.78, 5) is 25.7. The van der Waals surface area contributed by atoms with Gasteiger partial charge < -0.3 is 28.8 Å². The molecule has 0 radical (unpaired) electrons. The first-order valence-corrected chi connectivity index (χ1v) is 38.0. The molecule has 0 fully saturated rings. The van der Waals surface area contributed by atoms with Crippen LogP contribution in [0, 0.1) is 0 Å². The lowest BCUT2D eigenvalue weighted by Crippen LogP contribution is -2.46. The number of quaternary nitrogens is 1. The number of allylic oxidation sites excluding steroid dienone is 16. The lowest BCUT2D eigenvalue weighted by Gasteiger charge is -2.30. The summed E-state index contributed by atoms with van der Waals surface area (Å²) in [6.07, 6.45) is 96.3. The molecule has 0 aliphatic rings. The highest BCUT2D eigenvalue weighted by Crippen LogP contribution is 2.38. The summed E-state index contributed by atoms with van der Waals surface area (Å²) in [6.45, 7) is 4.64. The molecular weight excluding hydrogens is 1080 g/mol. The summed E-state index contributed by atoms with van der Waals surface area (Å²) in [5.74, 6) is -0.162. The highest BCUT2D eigenvalue weighted by molar-refractivity contribution is 7.45. The van der Waals surface area contributed by atoms with Crippen LogP contribution in [-0.4, -0.2) is 68.5 Å². The molecule has 0 saturated carbocycles. The SMILES string of the molecule is CC/C=C\C/C=C\C/C=C\C/C=C\C/C=C\C/C=C\C/C=C\C/C=C\CCCCCCCCCCCCCCCCCCC(=O)NC(COP(=O)([O-])OCC[N+](C)(C)C)C(O)CCCCCCCCCCCCCCCCCCCCCCCCC. The maximum absolute atomic E-state index is 13.1. The Kier molecular flexibility index (Phi) is 64.8. The number of phosphoric ester groups is 1. The van der Waals surface area contributed by atoms with Crippen molar-refractivity contribution in [2.75, 3.05) is 40.9 Å². The second-order valence-electron chi connectivity index (χ2n) is 25.9. The van der Waals surface area contributed by atoms with E-state index in [0.717, 1.165) is 89.9 Å². The average molecular weight is 1220 g/mol. The van der Waals surface area contributed by atoms with Crippen molar-refractivity contribution < 1.29 is 32.9 Å². The minimum atomic E-state index is -4.58. The number of unbranched alkanes of at least 4 members (excludes halogenated alkanes) is 38. The van der Waals surface area contributed by atoms with Gasteiger partial charge in [-0.2, -0.15) is 0 Å². The van der Waals surface area contributed by atoms with Crippen LogP contribution in [0.5, 0.6) is 0 Å². The van der Waals surface area contributed by atoms with Crippen LogP contribution in [0.1, 0.15) is 335 Å². The maximum atomic E-state index is 13.1. The van der Waals surface area contributed by atoms with E-state index in [0.29, 0.717) is 23.9 Å². The van der Waals surface area contributed by atoms with Gasteiger partial charge in [0.15, 0.2) is 0 Å². The van der Waals surface area contributed by atoms with Crippen molar-refractivity contribution >= 4 is 13.7 Å². The van der Waals surface area contributed by atoms with Crippen LogP contribution < -0.4 is 10.2 Å². The lowest BCUT2D eigenvalue weighted by molar-refractivity contribution is -0.870. The molecular formula is C77H141N2O6P. The molecule has 3 unspecified atom stereocenters. The third-order valence-electron chi connectivity index (χ3n) is 16.3. The second kappa shape index (κ2) is 66.8. The van der Waals surface area contributed by atoms with Crippen LogP contribution in [0.15, 0.2) is 97.2 Å². The van der Waals surface area contributed by atoms with Crippen LogP contribution in [0.25, 0.3) is 0 Å². The largest absolute Gasteiger partial charge is 0.756 e. The van der Waals surface area contributed by atoms with Crippen LogP contribution in [0.2, 0.25) is 0 Å². The second-order valence-corrected chi connectivity index (χ2v) is 27.3. The molecule has 0 aliphatic carbocycles. The highest BCUT2D eigenvalue weighted by atomic mass is 31.2.